The van der Waals surface area contributed by atoms with E-state index in [1.54, 1.807) is 24.3 Å². The molecule has 0 fully saturated rings. The molecule has 0 unspecified atom stereocenters. The Morgan fingerprint density at radius 3 is 2.41 bits per heavy atom. The summed E-state index contributed by atoms with van der Waals surface area (Å²) in [4.78, 5) is 24.9. The summed E-state index contributed by atoms with van der Waals surface area (Å²) in [5.74, 6) is -0.832. The maximum Gasteiger partial charge on any atom is 0.273 e. The van der Waals surface area contributed by atoms with Crippen LogP contribution in [0.25, 0.3) is 5.57 Å². The molecule has 4 heteroatoms. The van der Waals surface area contributed by atoms with Crippen LogP contribution in [0.2, 0.25) is 0 Å². The monoisotopic (exact) mass is 247 g/mol. The van der Waals surface area contributed by atoms with Crippen LogP contribution in [0.5, 0.6) is 0 Å². The lowest BCUT2D eigenvalue weighted by molar-refractivity contribution is -0.135. The lowest BCUT2D eigenvalue weighted by Crippen LogP contribution is -2.31. The molecule has 0 aromatic heterocycles. The summed E-state index contributed by atoms with van der Waals surface area (Å²) >= 11 is 5.92. The van der Waals surface area contributed by atoms with E-state index in [-0.39, 0.29) is 23.1 Å². The van der Waals surface area contributed by atoms with Gasteiger partial charge in [-0.1, -0.05) is 48.0 Å². The average molecular weight is 248 g/mol. The van der Waals surface area contributed by atoms with Crippen LogP contribution >= 0.6 is 11.6 Å². The van der Waals surface area contributed by atoms with E-state index in [0.717, 1.165) is 4.90 Å². The number of nitrogens with zero attached hydrogens (tertiary/aromatic N) is 1. The van der Waals surface area contributed by atoms with Crippen molar-refractivity contribution in [3.05, 3.63) is 53.6 Å². The van der Waals surface area contributed by atoms with Gasteiger partial charge < -0.3 is 0 Å². The highest BCUT2D eigenvalue weighted by molar-refractivity contribution is 6.55. The number of hydrogen-bond acceptors (Lipinski definition) is 2. The molecule has 0 atom stereocenters. The molecule has 0 spiro atoms. The predicted octanol–water partition coefficient (Wildman–Crippen LogP) is 2.19. The SMILES string of the molecule is C=CCN1C(=O)C(Cl)=C(c2ccccc2)C1=O. The van der Waals surface area contributed by atoms with E-state index < -0.39 is 5.91 Å². The van der Waals surface area contributed by atoms with Gasteiger partial charge in [0, 0.05) is 6.54 Å². The van der Waals surface area contributed by atoms with Gasteiger partial charge in [0.2, 0.25) is 0 Å². The molecule has 1 aromatic rings. The second-order valence-electron chi connectivity index (χ2n) is 3.56. The highest BCUT2D eigenvalue weighted by Crippen LogP contribution is 2.31. The molecular formula is C13H10ClNO2. The molecule has 1 aliphatic heterocycles. The van der Waals surface area contributed by atoms with Crippen molar-refractivity contribution in [3.63, 3.8) is 0 Å². The number of imide groups is 1. The van der Waals surface area contributed by atoms with Crippen LogP contribution in [0.3, 0.4) is 0 Å². The van der Waals surface area contributed by atoms with E-state index in [2.05, 4.69) is 6.58 Å². The molecule has 1 heterocycles. The molecule has 2 rings (SSSR count). The third kappa shape index (κ3) is 1.89. The number of rotatable bonds is 3. The molecule has 1 aliphatic rings. The molecule has 0 N–H and O–H groups in total. The van der Waals surface area contributed by atoms with Gasteiger partial charge in [-0.15, -0.1) is 6.58 Å². The fourth-order valence-electron chi connectivity index (χ4n) is 1.70. The topological polar surface area (TPSA) is 37.4 Å². The molecule has 2 amide bonds. The molecule has 86 valence electrons. The van der Waals surface area contributed by atoms with Crippen LogP contribution in [0.1, 0.15) is 5.56 Å². The van der Waals surface area contributed by atoms with Gasteiger partial charge in [-0.3, -0.25) is 14.5 Å². The fourth-order valence-corrected chi connectivity index (χ4v) is 1.99. The van der Waals surface area contributed by atoms with Crippen molar-refractivity contribution in [1.29, 1.82) is 0 Å². The van der Waals surface area contributed by atoms with Crippen LogP contribution in [0.4, 0.5) is 0 Å². The lowest BCUT2D eigenvalue weighted by atomic mass is 10.1. The Kier molecular flexibility index (Phi) is 3.11. The first-order valence-corrected chi connectivity index (χ1v) is 5.47. The summed E-state index contributed by atoms with van der Waals surface area (Å²) in [7, 11) is 0. The summed E-state index contributed by atoms with van der Waals surface area (Å²) in [5, 5.41) is -0.0250. The molecule has 3 nitrogen and oxygen atoms in total. The van der Waals surface area contributed by atoms with Crippen LogP contribution in [-0.4, -0.2) is 23.3 Å². The zero-order valence-electron chi connectivity index (χ0n) is 9.02. The molecule has 0 radical (unpaired) electrons. The van der Waals surface area contributed by atoms with Crippen molar-refractivity contribution in [3.8, 4) is 0 Å². The van der Waals surface area contributed by atoms with Gasteiger partial charge in [-0.2, -0.15) is 0 Å². The second kappa shape index (κ2) is 4.55. The maximum atomic E-state index is 12.0. The summed E-state index contributed by atoms with van der Waals surface area (Å²) < 4.78 is 0. The first-order chi connectivity index (χ1) is 8.16. The van der Waals surface area contributed by atoms with Crippen LogP contribution in [-0.2, 0) is 9.59 Å². The Hall–Kier alpha value is -1.87. The minimum Gasteiger partial charge on any atom is -0.270 e. The van der Waals surface area contributed by atoms with Gasteiger partial charge in [0.1, 0.15) is 5.03 Å². The Labute approximate surface area is 104 Å². The first-order valence-electron chi connectivity index (χ1n) is 5.09. The maximum absolute atomic E-state index is 12.0. The number of carbonyl (C=O) groups is 2. The predicted molar refractivity (Wildman–Crippen MR) is 66.1 cm³/mol. The Morgan fingerprint density at radius 1 is 1.18 bits per heavy atom. The smallest absolute Gasteiger partial charge is 0.270 e. The summed E-state index contributed by atoms with van der Waals surface area (Å²) in [6.07, 6.45) is 1.49. The molecule has 0 bridgehead atoms. The Morgan fingerprint density at radius 2 is 1.82 bits per heavy atom. The van der Waals surface area contributed by atoms with Crippen molar-refractivity contribution in [2.45, 2.75) is 0 Å². The molecule has 0 aliphatic carbocycles. The van der Waals surface area contributed by atoms with Gasteiger partial charge in [0.25, 0.3) is 11.8 Å². The second-order valence-corrected chi connectivity index (χ2v) is 3.94. The highest BCUT2D eigenvalue weighted by Gasteiger charge is 2.37. The Balaban J connectivity index is 2.45. The lowest BCUT2D eigenvalue weighted by Gasteiger charge is -2.11. The average Bonchev–Trinajstić information content (AvgIpc) is 2.55. The van der Waals surface area contributed by atoms with Crippen molar-refractivity contribution in [2.24, 2.45) is 0 Å². The standard InChI is InChI=1S/C13H10ClNO2/c1-2-8-15-12(16)10(11(14)13(15)17)9-6-4-3-5-7-9/h2-7H,1,8H2. The quantitative estimate of drug-likeness (QED) is 0.607. The van der Waals surface area contributed by atoms with E-state index in [0.29, 0.717) is 5.56 Å². The van der Waals surface area contributed by atoms with Crippen LogP contribution in [0, 0.1) is 0 Å². The summed E-state index contributed by atoms with van der Waals surface area (Å²) in [6, 6.07) is 8.92. The minimum atomic E-state index is -0.463. The third-order valence-electron chi connectivity index (χ3n) is 2.49. The highest BCUT2D eigenvalue weighted by atomic mass is 35.5. The van der Waals surface area contributed by atoms with Crippen molar-refractivity contribution < 1.29 is 9.59 Å². The van der Waals surface area contributed by atoms with Crippen LogP contribution < -0.4 is 0 Å². The molecule has 1 aromatic carbocycles. The molecular weight excluding hydrogens is 238 g/mol. The number of amides is 2. The summed E-state index contributed by atoms with van der Waals surface area (Å²) in [5.41, 5.74) is 0.918. The molecule has 0 saturated heterocycles. The van der Waals surface area contributed by atoms with Gasteiger partial charge in [0.15, 0.2) is 0 Å². The number of halogens is 1. The van der Waals surface area contributed by atoms with E-state index >= 15 is 0 Å². The number of benzene rings is 1. The van der Waals surface area contributed by atoms with E-state index in [4.69, 9.17) is 11.6 Å². The van der Waals surface area contributed by atoms with E-state index in [1.807, 2.05) is 6.07 Å². The van der Waals surface area contributed by atoms with Gasteiger partial charge >= 0.3 is 0 Å². The zero-order chi connectivity index (χ0) is 12.4. The minimum absolute atomic E-state index is 0.0250. The van der Waals surface area contributed by atoms with Crippen molar-refractivity contribution in [1.82, 2.24) is 4.90 Å². The van der Waals surface area contributed by atoms with E-state index in [9.17, 15) is 9.59 Å². The summed E-state index contributed by atoms with van der Waals surface area (Å²) in [6.45, 7) is 3.68. The van der Waals surface area contributed by atoms with Gasteiger partial charge in [0.05, 0.1) is 5.57 Å². The van der Waals surface area contributed by atoms with Gasteiger partial charge in [-0.05, 0) is 5.56 Å². The first kappa shape index (κ1) is 11.6. The van der Waals surface area contributed by atoms with E-state index in [1.165, 1.54) is 6.08 Å². The molecule has 17 heavy (non-hydrogen) atoms. The molecule has 0 saturated carbocycles. The van der Waals surface area contributed by atoms with Crippen molar-refractivity contribution >= 4 is 29.0 Å². The van der Waals surface area contributed by atoms with Crippen LogP contribution in [0.15, 0.2) is 48.0 Å². The number of carbonyl (C=O) groups excluding carboxylic acids is 2. The number of hydrogen-bond donors (Lipinski definition) is 0. The normalized spacial score (nSPS) is 15.7. The Bertz CT molecular complexity index is 519. The zero-order valence-corrected chi connectivity index (χ0v) is 9.78. The largest absolute Gasteiger partial charge is 0.273 e. The third-order valence-corrected chi connectivity index (χ3v) is 2.84. The van der Waals surface area contributed by atoms with Gasteiger partial charge in [-0.25, -0.2) is 0 Å². The van der Waals surface area contributed by atoms with Crippen molar-refractivity contribution in [2.75, 3.05) is 6.54 Å². The fraction of sp³-hybridized carbons (Fsp3) is 0.0769.